The molecule has 2 atom stereocenters. The molecule has 0 bridgehead atoms. The van der Waals surface area contributed by atoms with Gasteiger partial charge in [-0.15, -0.1) is 0 Å². The normalized spacial score (nSPS) is 22.1. The lowest BCUT2D eigenvalue weighted by Gasteiger charge is -2.42. The third-order valence-electron chi connectivity index (χ3n) is 3.68. The number of nitrogens with zero attached hydrogens (tertiary/aromatic N) is 3. The Balaban J connectivity index is 2.71. The summed E-state index contributed by atoms with van der Waals surface area (Å²) in [6.45, 7) is 4.93. The fourth-order valence-electron chi connectivity index (χ4n) is 2.72. The maximum absolute atomic E-state index is 11.8. The van der Waals surface area contributed by atoms with Crippen molar-refractivity contribution in [3.05, 3.63) is 29.3 Å². The second-order valence-electron chi connectivity index (χ2n) is 6.15. The van der Waals surface area contributed by atoms with Crippen LogP contribution in [0.3, 0.4) is 0 Å². The highest BCUT2D eigenvalue weighted by Gasteiger charge is 2.48. The van der Waals surface area contributed by atoms with Gasteiger partial charge >= 0.3 is 0 Å². The molecule has 0 spiro atoms. The Kier molecular flexibility index (Phi) is 5.02. The maximum Gasteiger partial charge on any atom is 0.264 e. The lowest BCUT2D eigenvalue weighted by atomic mass is 9.85. The Morgan fingerprint density at radius 3 is 2.64 bits per heavy atom. The maximum atomic E-state index is 11.8. The number of rotatable bonds is 3. The van der Waals surface area contributed by atoms with Crippen LogP contribution < -0.4 is 10.1 Å². The van der Waals surface area contributed by atoms with Crippen molar-refractivity contribution in [2.24, 2.45) is 4.99 Å². The molecule has 0 amide bonds. The average molecular weight is 362 g/mol. The quantitative estimate of drug-likeness (QED) is 0.285. The number of hydrogen-bond acceptors (Lipinski definition) is 7. The second kappa shape index (κ2) is 6.71. The van der Waals surface area contributed by atoms with Gasteiger partial charge in [0.05, 0.1) is 17.9 Å². The van der Waals surface area contributed by atoms with Gasteiger partial charge in [0.25, 0.3) is 10.1 Å². The van der Waals surface area contributed by atoms with E-state index in [4.69, 9.17) is 14.2 Å². The van der Waals surface area contributed by atoms with Crippen molar-refractivity contribution in [3.63, 3.8) is 0 Å². The summed E-state index contributed by atoms with van der Waals surface area (Å²) in [4.78, 5) is 4.40. The molecule has 25 heavy (non-hydrogen) atoms. The van der Waals surface area contributed by atoms with E-state index >= 15 is 0 Å². The van der Waals surface area contributed by atoms with E-state index in [1.807, 2.05) is 0 Å². The Hall–Kier alpha value is -2.62. The van der Waals surface area contributed by atoms with Crippen LogP contribution in [0.2, 0.25) is 0 Å². The van der Waals surface area contributed by atoms with E-state index in [1.54, 1.807) is 45.2 Å². The summed E-state index contributed by atoms with van der Waals surface area (Å²) in [5.41, 5.74) is -0.309. The fourth-order valence-corrected chi connectivity index (χ4v) is 3.43. The van der Waals surface area contributed by atoms with E-state index in [2.05, 4.69) is 16.4 Å². The van der Waals surface area contributed by atoms with Gasteiger partial charge in [-0.1, -0.05) is 6.07 Å². The van der Waals surface area contributed by atoms with Crippen molar-refractivity contribution >= 4 is 16.0 Å². The fraction of sp³-hybridized carbons (Fsp3) is 0.438. The van der Waals surface area contributed by atoms with Gasteiger partial charge in [0.1, 0.15) is 29.3 Å². The van der Waals surface area contributed by atoms with E-state index in [0.717, 1.165) is 6.26 Å². The summed E-state index contributed by atoms with van der Waals surface area (Å²) in [6, 6.07) is 6.17. The first kappa shape index (κ1) is 18.7. The van der Waals surface area contributed by atoms with Crippen LogP contribution in [0.4, 0.5) is 0 Å². The van der Waals surface area contributed by atoms with Crippen LogP contribution >= 0.6 is 0 Å². The van der Waals surface area contributed by atoms with Gasteiger partial charge in [-0.3, -0.25) is 14.5 Å². The standard InChI is InChI=1S/C16H18N4O4S/c1-10(19-9-18)20-14-13-11(8-17)6-5-7-12(13)23-16(2,3)15(14)24-25(4,21)22/h5-7,14-15H,1-4H3,(H,19,20)/t14-,15+/m0/s1. The summed E-state index contributed by atoms with van der Waals surface area (Å²) in [6.07, 6.45) is 1.68. The average Bonchev–Trinajstić information content (AvgIpc) is 2.48. The number of ether oxygens (including phenoxy) is 1. The number of aliphatic imine (C=N–C) groups is 1. The molecule has 0 fully saturated rings. The zero-order valence-corrected chi connectivity index (χ0v) is 15.1. The van der Waals surface area contributed by atoms with Crippen LogP contribution in [0, 0.1) is 22.8 Å². The van der Waals surface area contributed by atoms with Crippen molar-refractivity contribution in [2.45, 2.75) is 38.5 Å². The monoisotopic (exact) mass is 362 g/mol. The van der Waals surface area contributed by atoms with Gasteiger partial charge in [0.15, 0.2) is 6.19 Å². The van der Waals surface area contributed by atoms with Crippen molar-refractivity contribution < 1.29 is 17.3 Å². The molecule has 0 saturated carbocycles. The van der Waals surface area contributed by atoms with Crippen LogP contribution in [0.1, 0.15) is 37.9 Å². The summed E-state index contributed by atoms with van der Waals surface area (Å²) in [7, 11) is -3.82. The SMILES string of the molecule is CC(=N[C@H]1c2c(C#N)cccc2OC(C)(C)[C@@H]1OS(C)(=O)=O)NC#N. The second-order valence-corrected chi connectivity index (χ2v) is 7.75. The van der Waals surface area contributed by atoms with Crippen molar-refractivity contribution in [2.75, 3.05) is 6.26 Å². The smallest absolute Gasteiger partial charge is 0.264 e. The molecule has 1 aliphatic heterocycles. The summed E-state index contributed by atoms with van der Waals surface area (Å²) in [5, 5.41) is 20.6. The minimum Gasteiger partial charge on any atom is -0.485 e. The number of nitrogens with one attached hydrogen (secondary N) is 1. The summed E-state index contributed by atoms with van der Waals surface area (Å²) >= 11 is 0. The van der Waals surface area contributed by atoms with E-state index in [-0.39, 0.29) is 5.84 Å². The van der Waals surface area contributed by atoms with Gasteiger partial charge < -0.3 is 4.74 Å². The molecule has 1 N–H and O–H groups in total. The van der Waals surface area contributed by atoms with Crippen LogP contribution in [0.5, 0.6) is 5.75 Å². The zero-order chi connectivity index (χ0) is 18.8. The minimum atomic E-state index is -3.82. The molecule has 132 valence electrons. The molecule has 0 radical (unpaired) electrons. The molecular formula is C16H18N4O4S. The Bertz CT molecular complexity index is 894. The number of hydrogen-bond donors (Lipinski definition) is 1. The third-order valence-corrected chi connectivity index (χ3v) is 4.23. The molecule has 1 aromatic rings. The molecule has 9 heteroatoms. The first-order valence-electron chi connectivity index (χ1n) is 7.39. The van der Waals surface area contributed by atoms with E-state index < -0.39 is 27.9 Å². The van der Waals surface area contributed by atoms with Crippen LogP contribution in [-0.2, 0) is 14.3 Å². The van der Waals surface area contributed by atoms with E-state index in [9.17, 15) is 13.7 Å². The van der Waals surface area contributed by atoms with Gasteiger partial charge in [-0.05, 0) is 32.9 Å². The molecule has 0 unspecified atom stereocenters. The highest BCUT2D eigenvalue weighted by molar-refractivity contribution is 7.86. The third kappa shape index (κ3) is 4.08. The lowest BCUT2D eigenvalue weighted by molar-refractivity contribution is -0.0387. The van der Waals surface area contributed by atoms with Crippen molar-refractivity contribution in [1.29, 1.82) is 10.5 Å². The predicted molar refractivity (Wildman–Crippen MR) is 90.2 cm³/mol. The molecule has 1 heterocycles. The predicted octanol–water partition coefficient (Wildman–Crippen LogP) is 1.60. The highest BCUT2D eigenvalue weighted by atomic mass is 32.2. The van der Waals surface area contributed by atoms with E-state index in [0.29, 0.717) is 16.9 Å². The highest BCUT2D eigenvalue weighted by Crippen LogP contribution is 2.45. The molecule has 0 saturated heterocycles. The zero-order valence-electron chi connectivity index (χ0n) is 14.3. The Morgan fingerprint density at radius 2 is 2.08 bits per heavy atom. The first-order chi connectivity index (χ1) is 11.6. The van der Waals surface area contributed by atoms with Gasteiger partial charge in [0.2, 0.25) is 0 Å². The minimum absolute atomic E-state index is 0.269. The molecule has 1 aliphatic rings. The molecule has 0 aliphatic carbocycles. The Labute approximate surface area is 146 Å². The van der Waals surface area contributed by atoms with Crippen LogP contribution in [0.15, 0.2) is 23.2 Å². The van der Waals surface area contributed by atoms with Crippen molar-refractivity contribution in [3.8, 4) is 18.0 Å². The number of nitriles is 2. The topological polar surface area (TPSA) is 125 Å². The molecule has 8 nitrogen and oxygen atoms in total. The Morgan fingerprint density at radius 1 is 1.40 bits per heavy atom. The number of benzene rings is 1. The summed E-state index contributed by atoms with van der Waals surface area (Å²) < 4.78 is 34.7. The van der Waals surface area contributed by atoms with Gasteiger partial charge in [-0.2, -0.15) is 18.9 Å². The molecular weight excluding hydrogens is 344 g/mol. The van der Waals surface area contributed by atoms with Crippen LogP contribution in [-0.4, -0.2) is 32.2 Å². The molecule has 1 aromatic carbocycles. The van der Waals surface area contributed by atoms with E-state index in [1.165, 1.54) is 0 Å². The van der Waals surface area contributed by atoms with Gasteiger partial charge in [0, 0.05) is 5.56 Å². The summed E-state index contributed by atoms with van der Waals surface area (Å²) in [5.74, 6) is 0.696. The molecule has 2 rings (SSSR count). The van der Waals surface area contributed by atoms with Gasteiger partial charge in [-0.25, -0.2) is 0 Å². The largest absolute Gasteiger partial charge is 0.485 e. The first-order valence-corrected chi connectivity index (χ1v) is 9.20. The number of fused-ring (bicyclic) bond motifs is 1. The van der Waals surface area contributed by atoms with Crippen molar-refractivity contribution in [1.82, 2.24) is 5.32 Å². The lowest BCUT2D eigenvalue weighted by Crippen LogP contribution is -2.51. The molecule has 0 aromatic heterocycles. The number of amidine groups is 1. The van der Waals surface area contributed by atoms with Crippen LogP contribution in [0.25, 0.3) is 0 Å².